The minimum Gasteiger partial charge on any atom is -0.305 e. The smallest absolute Gasteiger partial charge is 0.300 e. The standard InChI is InChI=1S/C50H46F2Si5/c1-53(2,56(47-35-19-7-20-36-47,48-37-21-8-22-38-48)54(51,43-27-11-3-12-28-43)44-29-13-4-14-30-44)57(49-39-23-9-24-40-49,50-41-25-10-26-42-50)55(52,45-31-15-5-16-32-45)46-33-17-6-18-34-46/h3-42H,1-2H3. The van der Waals surface area contributed by atoms with Gasteiger partial charge in [-0.05, 0) is 20.7 Å². The Kier molecular flexibility index (Phi) is 10.8. The molecule has 0 heterocycles. The SMILES string of the molecule is C[Si](C)([Si](c1ccccc1)(c1ccccc1)[Si](F)(c1ccccc1)c1ccccc1)[Si](c1ccccc1)(c1ccccc1)[Si](F)(c1ccccc1)c1ccccc1. The molecule has 8 aromatic carbocycles. The summed E-state index contributed by atoms with van der Waals surface area (Å²) in [6.07, 6.45) is 0. The molecule has 8 aromatic rings. The Bertz CT molecular complexity index is 2160. The molecule has 0 saturated carbocycles. The van der Waals surface area contributed by atoms with E-state index in [1.807, 2.05) is 146 Å². The van der Waals surface area contributed by atoms with E-state index < -0.39 is 37.2 Å². The van der Waals surface area contributed by atoms with Crippen molar-refractivity contribution in [2.75, 3.05) is 0 Å². The van der Waals surface area contributed by atoms with Crippen molar-refractivity contribution in [2.24, 2.45) is 0 Å². The molecule has 0 nitrogen and oxygen atoms in total. The molecule has 0 aliphatic rings. The maximum Gasteiger partial charge on any atom is 0.300 e. The van der Waals surface area contributed by atoms with Crippen LogP contribution in [0.5, 0.6) is 0 Å². The average molecular weight is 825 g/mol. The summed E-state index contributed by atoms with van der Waals surface area (Å²) in [4.78, 5) is 0. The molecule has 0 saturated heterocycles. The van der Waals surface area contributed by atoms with Gasteiger partial charge in [0.25, 0.3) is 15.9 Å². The first-order valence-electron chi connectivity index (χ1n) is 19.7. The zero-order valence-corrected chi connectivity index (χ0v) is 37.3. The summed E-state index contributed by atoms with van der Waals surface area (Å²) in [6, 6.07) is 82.5. The van der Waals surface area contributed by atoms with E-state index in [9.17, 15) is 0 Å². The Labute approximate surface area is 340 Å². The fraction of sp³-hybridized carbons (Fsp3) is 0.0400. The summed E-state index contributed by atoms with van der Waals surface area (Å²) < 4.78 is 42.7. The van der Waals surface area contributed by atoms with E-state index in [4.69, 9.17) is 0 Å². The van der Waals surface area contributed by atoms with E-state index in [2.05, 4.69) is 110 Å². The topological polar surface area (TPSA) is 0 Å². The minimum absolute atomic E-state index is 0.741. The van der Waals surface area contributed by atoms with Gasteiger partial charge in [-0.3, -0.25) is 0 Å². The van der Waals surface area contributed by atoms with E-state index in [0.29, 0.717) is 0 Å². The van der Waals surface area contributed by atoms with Crippen LogP contribution in [-0.2, 0) is 0 Å². The first kappa shape index (κ1) is 38.6. The average Bonchev–Trinajstić information content (AvgIpc) is 3.29. The van der Waals surface area contributed by atoms with E-state index in [0.717, 1.165) is 41.5 Å². The molecular formula is C50H46F2Si5. The van der Waals surface area contributed by atoms with Gasteiger partial charge < -0.3 is 8.22 Å². The predicted molar refractivity (Wildman–Crippen MR) is 251 cm³/mol. The number of hydrogen-bond donors (Lipinski definition) is 0. The highest BCUT2D eigenvalue weighted by atomic mass is 29.9. The predicted octanol–water partition coefficient (Wildman–Crippen LogP) is 6.99. The minimum atomic E-state index is -4.46. The highest BCUT2D eigenvalue weighted by Crippen LogP contribution is 2.40. The highest BCUT2D eigenvalue weighted by Gasteiger charge is 2.80. The monoisotopic (exact) mass is 824 g/mol. The third-order valence-corrected chi connectivity index (χ3v) is 84.1. The van der Waals surface area contributed by atoms with Gasteiger partial charge in [-0.25, -0.2) is 0 Å². The molecule has 0 spiro atoms. The molecule has 0 amide bonds. The molecule has 0 aromatic heterocycles. The number of rotatable bonds is 12. The third kappa shape index (κ3) is 5.91. The van der Waals surface area contributed by atoms with Crippen LogP contribution in [0.25, 0.3) is 0 Å². The van der Waals surface area contributed by atoms with E-state index >= 15 is 8.22 Å². The molecule has 0 N–H and O–H groups in total. The quantitative estimate of drug-likeness (QED) is 0.0922. The lowest BCUT2D eigenvalue weighted by molar-refractivity contribution is 0.849. The zero-order valence-electron chi connectivity index (χ0n) is 32.3. The second-order valence-electron chi connectivity index (χ2n) is 15.4. The van der Waals surface area contributed by atoms with Crippen LogP contribution in [0.2, 0.25) is 13.1 Å². The van der Waals surface area contributed by atoms with Crippen molar-refractivity contribution in [1.82, 2.24) is 0 Å². The van der Waals surface area contributed by atoms with Crippen LogP contribution in [0, 0.1) is 0 Å². The Hall–Kier alpha value is -5.30. The largest absolute Gasteiger partial charge is 0.305 e. The first-order valence-corrected chi connectivity index (χ1v) is 34.4. The van der Waals surface area contributed by atoms with Crippen LogP contribution in [0.1, 0.15) is 0 Å². The van der Waals surface area contributed by atoms with Crippen molar-refractivity contribution in [3.63, 3.8) is 0 Å². The molecule has 57 heavy (non-hydrogen) atoms. The second-order valence-corrected chi connectivity index (χ2v) is 54.0. The van der Waals surface area contributed by atoms with Crippen LogP contribution in [-0.4, -0.2) is 37.2 Å². The number of halogens is 2. The van der Waals surface area contributed by atoms with Crippen molar-refractivity contribution in [2.45, 2.75) is 13.1 Å². The van der Waals surface area contributed by atoms with Crippen LogP contribution in [0.15, 0.2) is 243 Å². The van der Waals surface area contributed by atoms with Gasteiger partial charge in [0.15, 0.2) is 0 Å². The van der Waals surface area contributed by atoms with Crippen molar-refractivity contribution in [3.8, 4) is 0 Å². The molecule has 0 radical (unpaired) electrons. The van der Waals surface area contributed by atoms with Gasteiger partial charge >= 0.3 is 0 Å². The van der Waals surface area contributed by atoms with E-state index in [1.54, 1.807) is 0 Å². The highest BCUT2D eigenvalue weighted by molar-refractivity contribution is 8.02. The first-order chi connectivity index (χ1) is 27.8. The van der Waals surface area contributed by atoms with Crippen molar-refractivity contribution in [1.29, 1.82) is 0 Å². The van der Waals surface area contributed by atoms with Crippen LogP contribution in [0.3, 0.4) is 0 Å². The van der Waals surface area contributed by atoms with Crippen molar-refractivity contribution in [3.05, 3.63) is 243 Å². The second kappa shape index (κ2) is 15.9. The molecule has 0 atom stereocenters. The Morgan fingerprint density at radius 1 is 0.228 bits per heavy atom. The fourth-order valence-corrected chi connectivity index (χ4v) is 111. The number of benzene rings is 8. The Morgan fingerprint density at radius 2 is 0.368 bits per heavy atom. The lowest BCUT2D eigenvalue weighted by Gasteiger charge is -2.61. The van der Waals surface area contributed by atoms with E-state index in [-0.39, 0.29) is 0 Å². The van der Waals surface area contributed by atoms with Gasteiger partial charge in [-0.15, -0.1) is 0 Å². The van der Waals surface area contributed by atoms with E-state index in [1.165, 1.54) is 0 Å². The number of hydrogen-bond acceptors (Lipinski definition) is 0. The van der Waals surface area contributed by atoms with Crippen LogP contribution >= 0.6 is 0 Å². The van der Waals surface area contributed by atoms with Gasteiger partial charge in [0.05, 0.1) is 7.11 Å². The zero-order chi connectivity index (χ0) is 39.4. The van der Waals surface area contributed by atoms with Crippen LogP contribution in [0.4, 0.5) is 8.22 Å². The summed E-state index contributed by atoms with van der Waals surface area (Å²) in [6.45, 7) is 4.87. The third-order valence-electron chi connectivity index (χ3n) is 12.4. The molecule has 0 bridgehead atoms. The summed E-state index contributed by atoms with van der Waals surface area (Å²) in [7, 11) is -20.3. The molecule has 0 aliphatic carbocycles. The molecule has 0 aliphatic heterocycles. The van der Waals surface area contributed by atoms with Gasteiger partial charge in [0, 0.05) is 0 Å². The Balaban J connectivity index is 1.71. The molecule has 0 unspecified atom stereocenters. The maximum atomic E-state index is 21.3. The Morgan fingerprint density at radius 3 is 0.526 bits per heavy atom. The van der Waals surface area contributed by atoms with Gasteiger partial charge in [0.1, 0.15) is 14.2 Å². The lowest BCUT2D eigenvalue weighted by atomic mass is 10.4. The molecule has 280 valence electrons. The van der Waals surface area contributed by atoms with Crippen molar-refractivity contribution < 1.29 is 8.22 Å². The lowest BCUT2D eigenvalue weighted by Crippen LogP contribution is -3.04. The molecular weight excluding hydrogens is 779 g/mol. The van der Waals surface area contributed by atoms with Gasteiger partial charge in [-0.2, -0.15) is 0 Å². The molecule has 7 heteroatoms. The van der Waals surface area contributed by atoms with Crippen molar-refractivity contribution >= 4 is 78.7 Å². The van der Waals surface area contributed by atoms with Gasteiger partial charge in [-0.1, -0.05) is 276 Å². The van der Waals surface area contributed by atoms with Gasteiger partial charge in [0.2, 0.25) is 0 Å². The fourth-order valence-electron chi connectivity index (χ4n) is 10.3. The summed E-state index contributed by atoms with van der Waals surface area (Å²) in [5.74, 6) is 0. The summed E-state index contributed by atoms with van der Waals surface area (Å²) >= 11 is 0. The summed E-state index contributed by atoms with van der Waals surface area (Å²) in [5, 5.41) is 7.12. The maximum absolute atomic E-state index is 21.3. The summed E-state index contributed by atoms with van der Waals surface area (Å²) in [5.41, 5.74) is 0. The van der Waals surface area contributed by atoms with Crippen LogP contribution < -0.4 is 41.5 Å². The molecule has 8 rings (SSSR count). The normalized spacial score (nSPS) is 12.6. The molecule has 0 fully saturated rings.